The first-order valence-electron chi connectivity index (χ1n) is 11.2. The number of aromatic nitrogens is 5. The van der Waals surface area contributed by atoms with Gasteiger partial charge in [0, 0.05) is 18.9 Å². The number of morpholine rings is 1. The second-order valence-electron chi connectivity index (χ2n) is 8.75. The van der Waals surface area contributed by atoms with Gasteiger partial charge in [-0.2, -0.15) is 10.2 Å². The Bertz CT molecular complexity index is 1190. The Morgan fingerprint density at radius 1 is 1.27 bits per heavy atom. The predicted molar refractivity (Wildman–Crippen MR) is 115 cm³/mol. The lowest BCUT2D eigenvalue weighted by Gasteiger charge is -2.27. The number of fused-ring (bicyclic) bond motifs is 3. The van der Waals surface area contributed by atoms with Crippen LogP contribution in [0.1, 0.15) is 47.8 Å². The van der Waals surface area contributed by atoms with Crippen molar-refractivity contribution in [3.05, 3.63) is 35.9 Å². The number of alkyl halides is 2. The van der Waals surface area contributed by atoms with Gasteiger partial charge in [-0.25, -0.2) is 18.3 Å². The maximum Gasteiger partial charge on any atom is 0.284 e. The van der Waals surface area contributed by atoms with Crippen LogP contribution in [0.5, 0.6) is 0 Å². The summed E-state index contributed by atoms with van der Waals surface area (Å²) in [6, 6.07) is 2.16. The van der Waals surface area contributed by atoms with E-state index in [2.05, 4.69) is 30.7 Å². The Morgan fingerprint density at radius 3 is 2.85 bits per heavy atom. The molecule has 3 aromatic heterocycles. The van der Waals surface area contributed by atoms with Gasteiger partial charge in [-0.15, -0.1) is 0 Å². The first-order chi connectivity index (χ1) is 16.1. The molecule has 3 fully saturated rings. The van der Waals surface area contributed by atoms with Gasteiger partial charge in [0.05, 0.1) is 36.7 Å². The van der Waals surface area contributed by atoms with E-state index in [1.54, 1.807) is 10.9 Å². The normalized spacial score (nSPS) is 23.2. The zero-order valence-corrected chi connectivity index (χ0v) is 17.8. The van der Waals surface area contributed by atoms with E-state index in [9.17, 15) is 13.6 Å². The molecule has 3 aliphatic heterocycles. The van der Waals surface area contributed by atoms with Crippen LogP contribution >= 0.6 is 0 Å². The molecule has 0 saturated carbocycles. The summed E-state index contributed by atoms with van der Waals surface area (Å²) >= 11 is 0. The van der Waals surface area contributed by atoms with Crippen molar-refractivity contribution in [3.63, 3.8) is 0 Å². The second-order valence-corrected chi connectivity index (χ2v) is 8.75. The molecule has 10 nitrogen and oxygen atoms in total. The summed E-state index contributed by atoms with van der Waals surface area (Å²) in [5, 5.41) is 14.2. The Balaban J connectivity index is 1.28. The van der Waals surface area contributed by atoms with Crippen molar-refractivity contribution >= 4 is 23.1 Å². The van der Waals surface area contributed by atoms with Gasteiger partial charge < -0.3 is 20.3 Å². The number of anilines is 2. The van der Waals surface area contributed by atoms with E-state index in [-0.39, 0.29) is 29.4 Å². The summed E-state index contributed by atoms with van der Waals surface area (Å²) in [4.78, 5) is 19.9. The Kier molecular flexibility index (Phi) is 4.98. The number of halogens is 2. The quantitative estimate of drug-likeness (QED) is 0.603. The van der Waals surface area contributed by atoms with Gasteiger partial charge in [-0.1, -0.05) is 0 Å². The number of carbonyl (C=O) groups is 1. The van der Waals surface area contributed by atoms with E-state index in [0.717, 1.165) is 44.7 Å². The molecule has 3 saturated heterocycles. The van der Waals surface area contributed by atoms with Crippen LogP contribution in [0.15, 0.2) is 24.7 Å². The summed E-state index contributed by atoms with van der Waals surface area (Å²) in [6.07, 6.45) is 4.62. The molecule has 3 aromatic rings. The van der Waals surface area contributed by atoms with Gasteiger partial charge >= 0.3 is 0 Å². The minimum Gasteiger partial charge on any atom is -0.374 e. The van der Waals surface area contributed by atoms with Crippen LogP contribution < -0.4 is 15.5 Å². The maximum absolute atomic E-state index is 13.7. The lowest BCUT2D eigenvalue weighted by Crippen LogP contribution is -2.37. The molecular weight excluding hydrogens is 434 g/mol. The first-order valence-corrected chi connectivity index (χ1v) is 11.2. The molecule has 0 unspecified atom stereocenters. The highest BCUT2D eigenvalue weighted by Crippen LogP contribution is 2.32. The molecule has 6 rings (SSSR count). The predicted octanol–water partition coefficient (Wildman–Crippen LogP) is 2.02. The highest BCUT2D eigenvalue weighted by Gasteiger charge is 2.39. The van der Waals surface area contributed by atoms with Gasteiger partial charge in [0.25, 0.3) is 12.3 Å². The van der Waals surface area contributed by atoms with Crippen molar-refractivity contribution in [1.29, 1.82) is 0 Å². The standard InChI is InChI=1S/C21H24F2N8O2/c22-19(23)18-16(10-31(28-18)12-1-4-24-5-2-12)26-21(32)15-8-25-30-6-3-17(27-20(15)30)29-9-14-7-13(29)11-33-14/h3,6,8,10,12-14,19,24H,1-2,4-5,7,9,11H2,(H,26,32)/t13-,14-/m0/s1. The summed E-state index contributed by atoms with van der Waals surface area (Å²) in [7, 11) is 0. The maximum atomic E-state index is 13.7. The van der Waals surface area contributed by atoms with Crippen LogP contribution in [-0.2, 0) is 4.74 Å². The largest absolute Gasteiger partial charge is 0.374 e. The van der Waals surface area contributed by atoms with Crippen molar-refractivity contribution in [1.82, 2.24) is 29.7 Å². The van der Waals surface area contributed by atoms with Crippen LogP contribution in [0.25, 0.3) is 5.65 Å². The molecule has 0 aliphatic carbocycles. The number of ether oxygens (including phenoxy) is 1. The molecule has 3 aliphatic rings. The lowest BCUT2D eigenvalue weighted by atomic mass is 10.1. The highest BCUT2D eigenvalue weighted by molar-refractivity contribution is 6.08. The van der Waals surface area contributed by atoms with Crippen LogP contribution in [-0.4, -0.2) is 68.7 Å². The third-order valence-corrected chi connectivity index (χ3v) is 6.69. The zero-order valence-electron chi connectivity index (χ0n) is 17.8. The number of nitrogens with zero attached hydrogens (tertiary/aromatic N) is 6. The Hall–Kier alpha value is -3.12. The first kappa shape index (κ1) is 20.5. The number of amides is 1. The van der Waals surface area contributed by atoms with Crippen molar-refractivity contribution in [2.24, 2.45) is 0 Å². The van der Waals surface area contributed by atoms with Crippen LogP contribution in [0.2, 0.25) is 0 Å². The van der Waals surface area contributed by atoms with Crippen molar-refractivity contribution in [3.8, 4) is 0 Å². The second kappa shape index (κ2) is 8.03. The van der Waals surface area contributed by atoms with Crippen LogP contribution in [0, 0.1) is 0 Å². The molecule has 2 atom stereocenters. The number of hydrogen-bond acceptors (Lipinski definition) is 7. The third kappa shape index (κ3) is 3.62. The molecule has 2 bridgehead atoms. The smallest absolute Gasteiger partial charge is 0.284 e. The molecule has 6 heterocycles. The minimum absolute atomic E-state index is 0.0121. The Labute approximate surface area is 187 Å². The molecular formula is C21H24F2N8O2. The van der Waals surface area contributed by atoms with E-state index in [1.165, 1.54) is 16.9 Å². The molecule has 0 aromatic carbocycles. The molecule has 12 heteroatoms. The van der Waals surface area contributed by atoms with Crippen molar-refractivity contribution in [2.75, 3.05) is 36.5 Å². The fourth-order valence-corrected chi connectivity index (χ4v) is 4.97. The summed E-state index contributed by atoms with van der Waals surface area (Å²) in [5.74, 6) is 0.201. The van der Waals surface area contributed by atoms with Crippen LogP contribution in [0.4, 0.5) is 20.3 Å². The highest BCUT2D eigenvalue weighted by atomic mass is 19.3. The van der Waals surface area contributed by atoms with E-state index >= 15 is 0 Å². The van der Waals surface area contributed by atoms with E-state index in [4.69, 9.17) is 4.74 Å². The molecule has 174 valence electrons. The molecule has 0 radical (unpaired) electrons. The third-order valence-electron chi connectivity index (χ3n) is 6.69. The van der Waals surface area contributed by atoms with Gasteiger partial charge in [0.1, 0.15) is 11.4 Å². The number of carbonyl (C=O) groups excluding carboxylic acids is 1. The average molecular weight is 458 g/mol. The topological polar surface area (TPSA) is 102 Å². The van der Waals surface area contributed by atoms with E-state index < -0.39 is 18.0 Å². The summed E-state index contributed by atoms with van der Waals surface area (Å²) in [6.45, 7) is 3.04. The van der Waals surface area contributed by atoms with E-state index in [1.807, 2.05) is 6.07 Å². The zero-order chi connectivity index (χ0) is 22.5. The fraction of sp³-hybridized carbons (Fsp3) is 0.524. The summed E-state index contributed by atoms with van der Waals surface area (Å²) in [5.41, 5.74) is 0.170. The number of nitrogens with one attached hydrogen (secondary N) is 2. The van der Waals surface area contributed by atoms with Gasteiger partial charge in [-0.3, -0.25) is 9.48 Å². The molecule has 2 N–H and O–H groups in total. The Morgan fingerprint density at radius 2 is 2.12 bits per heavy atom. The van der Waals surface area contributed by atoms with Gasteiger partial charge in [-0.05, 0) is 38.4 Å². The number of piperidine rings is 1. The SMILES string of the molecule is O=C(Nc1cn(C2CCNCC2)nc1C(F)F)c1cnn2ccc(N3C[C@@H]4C[C@H]3CO4)nc12. The number of rotatable bonds is 5. The van der Waals surface area contributed by atoms with E-state index in [0.29, 0.717) is 12.3 Å². The monoisotopic (exact) mass is 458 g/mol. The van der Waals surface area contributed by atoms with Crippen molar-refractivity contribution < 1.29 is 18.3 Å². The van der Waals surface area contributed by atoms with Gasteiger partial charge in [0.15, 0.2) is 11.3 Å². The molecule has 0 spiro atoms. The molecule has 1 amide bonds. The van der Waals surface area contributed by atoms with Crippen molar-refractivity contribution in [2.45, 2.75) is 43.9 Å². The molecule has 33 heavy (non-hydrogen) atoms. The lowest BCUT2D eigenvalue weighted by molar-refractivity contribution is 0.0988. The van der Waals surface area contributed by atoms with Gasteiger partial charge in [0.2, 0.25) is 0 Å². The number of hydrogen-bond donors (Lipinski definition) is 2. The van der Waals surface area contributed by atoms with Crippen LogP contribution in [0.3, 0.4) is 0 Å². The fourth-order valence-electron chi connectivity index (χ4n) is 4.97. The average Bonchev–Trinajstić information content (AvgIpc) is 3.61. The summed E-state index contributed by atoms with van der Waals surface area (Å²) < 4.78 is 36.1. The minimum atomic E-state index is -2.80.